The Morgan fingerprint density at radius 1 is 0.900 bits per heavy atom. The smallest absolute Gasteiger partial charge is 0.254 e. The first-order chi connectivity index (χ1) is 14.6. The number of anilines is 1. The molecule has 0 fully saturated rings. The molecule has 3 aromatic carbocycles. The molecule has 0 aromatic heterocycles. The Hall–Kier alpha value is -3.60. The predicted molar refractivity (Wildman–Crippen MR) is 119 cm³/mol. The molecule has 0 spiro atoms. The summed E-state index contributed by atoms with van der Waals surface area (Å²) in [6.45, 7) is 4.39. The molecule has 0 aliphatic rings. The average molecular weight is 402 g/mol. The van der Waals surface area contributed by atoms with Gasteiger partial charge < -0.3 is 15.0 Å². The fraction of sp³-hybridized carbons (Fsp3) is 0.200. The molecule has 0 radical (unpaired) electrons. The van der Waals surface area contributed by atoms with Crippen molar-refractivity contribution in [2.75, 3.05) is 18.4 Å². The van der Waals surface area contributed by atoms with Crippen LogP contribution < -0.4 is 10.1 Å². The first-order valence-electron chi connectivity index (χ1n) is 10.0. The fourth-order valence-corrected chi connectivity index (χ4v) is 3.10. The van der Waals surface area contributed by atoms with E-state index >= 15 is 0 Å². The van der Waals surface area contributed by atoms with Crippen molar-refractivity contribution < 1.29 is 14.3 Å². The molecule has 0 aliphatic carbocycles. The van der Waals surface area contributed by atoms with Crippen molar-refractivity contribution in [1.29, 1.82) is 0 Å². The van der Waals surface area contributed by atoms with Gasteiger partial charge in [0.15, 0.2) is 0 Å². The third-order valence-corrected chi connectivity index (χ3v) is 4.59. The second kappa shape index (κ2) is 10.3. The van der Waals surface area contributed by atoms with Gasteiger partial charge in [-0.1, -0.05) is 49.4 Å². The van der Waals surface area contributed by atoms with E-state index in [0.717, 1.165) is 17.7 Å². The van der Waals surface area contributed by atoms with E-state index < -0.39 is 0 Å². The standard InChI is InChI=1S/C25H26N2O3/c1-3-16-27(18-24(28)26-23-15-8-7-10-19(23)2)25(29)20-11-9-14-22(17-20)30-21-12-5-4-6-13-21/h4-15,17H,3,16,18H2,1-2H3,(H,26,28). The van der Waals surface area contributed by atoms with Gasteiger partial charge in [-0.2, -0.15) is 0 Å². The molecule has 0 unspecified atom stereocenters. The van der Waals surface area contributed by atoms with Crippen molar-refractivity contribution in [3.05, 3.63) is 90.0 Å². The van der Waals surface area contributed by atoms with E-state index in [9.17, 15) is 9.59 Å². The summed E-state index contributed by atoms with van der Waals surface area (Å²) in [5, 5.41) is 2.89. The maximum atomic E-state index is 13.1. The lowest BCUT2D eigenvalue weighted by Crippen LogP contribution is -2.38. The lowest BCUT2D eigenvalue weighted by Gasteiger charge is -2.22. The number of hydrogen-bond acceptors (Lipinski definition) is 3. The minimum Gasteiger partial charge on any atom is -0.457 e. The molecule has 5 nitrogen and oxygen atoms in total. The van der Waals surface area contributed by atoms with E-state index in [4.69, 9.17) is 4.74 Å². The molecule has 154 valence electrons. The van der Waals surface area contributed by atoms with Crippen molar-refractivity contribution in [3.63, 3.8) is 0 Å². The summed E-state index contributed by atoms with van der Waals surface area (Å²) >= 11 is 0. The van der Waals surface area contributed by atoms with E-state index in [1.807, 2.05) is 68.4 Å². The van der Waals surface area contributed by atoms with Crippen molar-refractivity contribution >= 4 is 17.5 Å². The SMILES string of the molecule is CCCN(CC(=O)Nc1ccccc1C)C(=O)c1cccc(Oc2ccccc2)c1. The molecular formula is C25H26N2O3. The van der Waals surface area contributed by atoms with Gasteiger partial charge in [-0.3, -0.25) is 9.59 Å². The van der Waals surface area contributed by atoms with Crippen LogP contribution in [-0.2, 0) is 4.79 Å². The number of nitrogens with zero attached hydrogens (tertiary/aromatic N) is 1. The Balaban J connectivity index is 1.71. The number of amides is 2. The van der Waals surface area contributed by atoms with Gasteiger partial charge in [-0.25, -0.2) is 0 Å². The van der Waals surface area contributed by atoms with Crippen molar-refractivity contribution in [2.24, 2.45) is 0 Å². The van der Waals surface area contributed by atoms with Crippen LogP contribution in [0.2, 0.25) is 0 Å². The highest BCUT2D eigenvalue weighted by Crippen LogP contribution is 2.22. The largest absolute Gasteiger partial charge is 0.457 e. The molecule has 0 aliphatic heterocycles. The van der Waals surface area contributed by atoms with E-state index in [2.05, 4.69) is 5.32 Å². The zero-order valence-electron chi connectivity index (χ0n) is 17.3. The van der Waals surface area contributed by atoms with Crippen molar-refractivity contribution in [2.45, 2.75) is 20.3 Å². The monoisotopic (exact) mass is 402 g/mol. The third kappa shape index (κ3) is 5.70. The van der Waals surface area contributed by atoms with E-state index in [-0.39, 0.29) is 18.4 Å². The summed E-state index contributed by atoms with van der Waals surface area (Å²) in [5.41, 5.74) is 2.22. The van der Waals surface area contributed by atoms with Crippen molar-refractivity contribution in [3.8, 4) is 11.5 Å². The summed E-state index contributed by atoms with van der Waals surface area (Å²) in [4.78, 5) is 27.2. The topological polar surface area (TPSA) is 58.6 Å². The fourth-order valence-electron chi connectivity index (χ4n) is 3.10. The van der Waals surface area contributed by atoms with Gasteiger partial charge in [0.2, 0.25) is 5.91 Å². The number of hydrogen-bond donors (Lipinski definition) is 1. The molecule has 30 heavy (non-hydrogen) atoms. The maximum absolute atomic E-state index is 13.1. The highest BCUT2D eigenvalue weighted by molar-refractivity contribution is 5.99. The number of rotatable bonds is 8. The lowest BCUT2D eigenvalue weighted by molar-refractivity contribution is -0.116. The van der Waals surface area contributed by atoms with E-state index in [1.54, 1.807) is 29.2 Å². The molecule has 3 aromatic rings. The molecule has 0 saturated heterocycles. The molecule has 5 heteroatoms. The van der Waals surface area contributed by atoms with E-state index in [1.165, 1.54) is 0 Å². The molecule has 0 atom stereocenters. The zero-order valence-corrected chi connectivity index (χ0v) is 17.3. The van der Waals surface area contributed by atoms with Gasteiger partial charge in [0.25, 0.3) is 5.91 Å². The Kier molecular flexibility index (Phi) is 7.22. The summed E-state index contributed by atoms with van der Waals surface area (Å²) in [7, 11) is 0. The van der Waals surface area contributed by atoms with Gasteiger partial charge in [0, 0.05) is 17.8 Å². The number of nitrogens with one attached hydrogen (secondary N) is 1. The van der Waals surface area contributed by atoms with Crippen LogP contribution in [0.4, 0.5) is 5.69 Å². The van der Waals surface area contributed by atoms with Gasteiger partial charge in [0.05, 0.1) is 0 Å². The minimum absolute atomic E-state index is 0.00915. The molecule has 0 bridgehead atoms. The molecule has 1 N–H and O–H groups in total. The van der Waals surface area contributed by atoms with E-state index in [0.29, 0.717) is 23.6 Å². The van der Waals surface area contributed by atoms with Crippen LogP contribution in [0.25, 0.3) is 0 Å². The van der Waals surface area contributed by atoms with Crippen LogP contribution >= 0.6 is 0 Å². The third-order valence-electron chi connectivity index (χ3n) is 4.59. The van der Waals surface area contributed by atoms with Crippen molar-refractivity contribution in [1.82, 2.24) is 4.90 Å². The number of carbonyl (C=O) groups excluding carboxylic acids is 2. The number of para-hydroxylation sites is 2. The predicted octanol–water partition coefficient (Wildman–Crippen LogP) is 5.28. The normalized spacial score (nSPS) is 10.3. The minimum atomic E-state index is -0.220. The average Bonchev–Trinajstić information content (AvgIpc) is 2.75. The summed E-state index contributed by atoms with van der Waals surface area (Å²) in [5.74, 6) is 0.857. The van der Waals surface area contributed by atoms with Gasteiger partial charge >= 0.3 is 0 Å². The van der Waals surface area contributed by atoms with Gasteiger partial charge in [0.1, 0.15) is 18.0 Å². The first-order valence-corrected chi connectivity index (χ1v) is 10.0. The Morgan fingerprint density at radius 3 is 2.33 bits per heavy atom. The summed E-state index contributed by atoms with van der Waals surface area (Å²) in [6.07, 6.45) is 0.754. The molecule has 2 amide bonds. The highest BCUT2D eigenvalue weighted by atomic mass is 16.5. The Morgan fingerprint density at radius 2 is 1.60 bits per heavy atom. The number of carbonyl (C=O) groups is 2. The van der Waals surface area contributed by atoms with Crippen LogP contribution in [-0.4, -0.2) is 29.8 Å². The number of ether oxygens (including phenoxy) is 1. The second-order valence-corrected chi connectivity index (χ2v) is 7.03. The zero-order chi connectivity index (χ0) is 21.3. The quantitative estimate of drug-likeness (QED) is 0.558. The molecule has 0 saturated carbocycles. The Labute approximate surface area is 177 Å². The highest BCUT2D eigenvalue weighted by Gasteiger charge is 2.19. The lowest BCUT2D eigenvalue weighted by atomic mass is 10.1. The molecule has 3 rings (SSSR count). The summed E-state index contributed by atoms with van der Waals surface area (Å²) < 4.78 is 5.83. The molecular weight excluding hydrogens is 376 g/mol. The van der Waals surface area contributed by atoms with Crippen LogP contribution in [0.5, 0.6) is 11.5 Å². The van der Waals surface area contributed by atoms with Crippen LogP contribution in [0.1, 0.15) is 29.3 Å². The maximum Gasteiger partial charge on any atom is 0.254 e. The van der Waals surface area contributed by atoms with Gasteiger partial charge in [-0.15, -0.1) is 0 Å². The molecule has 0 heterocycles. The summed E-state index contributed by atoms with van der Waals surface area (Å²) in [6, 6.07) is 24.0. The first kappa shape index (κ1) is 21.1. The van der Waals surface area contributed by atoms with Crippen LogP contribution in [0.15, 0.2) is 78.9 Å². The number of benzene rings is 3. The Bertz CT molecular complexity index is 1000. The van der Waals surface area contributed by atoms with Crippen LogP contribution in [0.3, 0.4) is 0 Å². The van der Waals surface area contributed by atoms with Crippen LogP contribution in [0, 0.1) is 6.92 Å². The number of aryl methyl sites for hydroxylation is 1. The van der Waals surface area contributed by atoms with Gasteiger partial charge in [-0.05, 0) is 55.3 Å². The second-order valence-electron chi connectivity index (χ2n) is 7.03.